The maximum absolute atomic E-state index is 11.7. The van der Waals surface area contributed by atoms with Crippen molar-refractivity contribution in [3.05, 3.63) is 66.3 Å². The fraction of sp³-hybridized carbons (Fsp3) is 0.639. The number of carbonyl (C=O) groups excluding carboxylic acids is 1. The zero-order chi connectivity index (χ0) is 31.6. The molecule has 10 heteroatoms. The Hall–Kier alpha value is -3.21. The van der Waals surface area contributed by atoms with Crippen molar-refractivity contribution >= 4 is 5.97 Å². The molecular weight excluding hydrogens is 578 g/mol. The molecule has 1 spiro atoms. The number of rotatable bonds is 15. The minimum absolute atomic E-state index is 0.0295. The van der Waals surface area contributed by atoms with Gasteiger partial charge in [-0.1, -0.05) is 31.4 Å². The number of hydrogen-bond donors (Lipinski definition) is 2. The summed E-state index contributed by atoms with van der Waals surface area (Å²) < 4.78 is 12.9. The molecule has 1 saturated carbocycles. The lowest BCUT2D eigenvalue weighted by atomic mass is 9.77. The number of likely N-dealkylation sites (tertiary alicyclic amines) is 2. The highest BCUT2D eigenvalue weighted by Gasteiger charge is 2.41. The molecule has 0 amide bonds. The minimum Gasteiger partial charge on any atom is -0.482 e. The number of hydrogen-bond acceptors (Lipinski definition) is 8. The molecule has 1 atom stereocenters. The molecule has 0 radical (unpaired) electrons. The van der Waals surface area contributed by atoms with E-state index < -0.39 is 0 Å². The Labute approximate surface area is 274 Å². The second kappa shape index (κ2) is 16.1. The molecule has 4 heterocycles. The summed E-state index contributed by atoms with van der Waals surface area (Å²) in [6.45, 7) is 9.94. The molecule has 1 unspecified atom stereocenters. The Bertz CT molecular complexity index is 1350. The number of H-pyrrole nitrogens is 1. The van der Waals surface area contributed by atoms with Crippen LogP contribution in [-0.4, -0.2) is 87.3 Å². The molecule has 3 fully saturated rings. The van der Waals surface area contributed by atoms with Gasteiger partial charge in [0.2, 0.25) is 0 Å². The maximum atomic E-state index is 11.7. The highest BCUT2D eigenvalue weighted by molar-refractivity contribution is 5.71. The van der Waals surface area contributed by atoms with Gasteiger partial charge in [-0.3, -0.25) is 0 Å². The van der Waals surface area contributed by atoms with Crippen LogP contribution in [0.15, 0.2) is 49.1 Å². The van der Waals surface area contributed by atoms with E-state index in [1.54, 1.807) is 13.1 Å². The lowest BCUT2D eigenvalue weighted by Gasteiger charge is -2.44. The van der Waals surface area contributed by atoms with Crippen molar-refractivity contribution in [1.82, 2.24) is 34.6 Å². The number of aromatic nitrogens is 4. The number of ether oxygens (including phenoxy) is 2. The molecule has 1 aliphatic carbocycles. The Morgan fingerprint density at radius 2 is 1.93 bits per heavy atom. The Morgan fingerprint density at radius 3 is 2.74 bits per heavy atom. The Balaban J connectivity index is 0.973. The average molecular weight is 632 g/mol. The zero-order valence-electron chi connectivity index (χ0n) is 27.7. The van der Waals surface area contributed by atoms with Gasteiger partial charge in [-0.2, -0.15) is 0 Å². The smallest absolute Gasteiger partial charge is 0.344 e. The van der Waals surface area contributed by atoms with Crippen molar-refractivity contribution in [2.75, 3.05) is 45.9 Å². The molecule has 6 rings (SSSR count). The van der Waals surface area contributed by atoms with Gasteiger partial charge in [0.05, 0.1) is 12.6 Å². The zero-order valence-corrected chi connectivity index (χ0v) is 27.7. The minimum atomic E-state index is -0.367. The highest BCUT2D eigenvalue weighted by atomic mass is 16.6. The molecule has 2 saturated heterocycles. The van der Waals surface area contributed by atoms with Crippen molar-refractivity contribution in [1.29, 1.82) is 0 Å². The number of benzene rings is 1. The van der Waals surface area contributed by atoms with Gasteiger partial charge < -0.3 is 34.1 Å². The van der Waals surface area contributed by atoms with Crippen LogP contribution < -0.4 is 10.1 Å². The molecule has 0 bridgehead atoms. The first-order chi connectivity index (χ1) is 22.6. The maximum Gasteiger partial charge on any atom is 0.344 e. The van der Waals surface area contributed by atoms with E-state index in [9.17, 15) is 4.79 Å². The summed E-state index contributed by atoms with van der Waals surface area (Å²) >= 11 is 0. The van der Waals surface area contributed by atoms with Crippen LogP contribution in [0.3, 0.4) is 0 Å². The van der Waals surface area contributed by atoms with Gasteiger partial charge in [-0.25, -0.2) is 14.8 Å². The fourth-order valence-corrected chi connectivity index (χ4v) is 7.88. The third-order valence-electron chi connectivity index (χ3n) is 10.5. The summed E-state index contributed by atoms with van der Waals surface area (Å²) in [5.74, 6) is 2.23. The van der Waals surface area contributed by atoms with Gasteiger partial charge in [0, 0.05) is 56.9 Å². The lowest BCUT2D eigenvalue weighted by molar-refractivity contribution is -0.145. The number of nitrogens with zero attached hydrogens (tertiary/aromatic N) is 5. The number of carbonyl (C=O) groups is 1. The van der Waals surface area contributed by atoms with Gasteiger partial charge in [-0.15, -0.1) is 0 Å². The van der Waals surface area contributed by atoms with E-state index in [1.165, 1.54) is 77.5 Å². The van der Waals surface area contributed by atoms with E-state index in [-0.39, 0.29) is 18.6 Å². The number of imidazole rings is 2. The van der Waals surface area contributed by atoms with Gasteiger partial charge in [0.1, 0.15) is 17.4 Å². The van der Waals surface area contributed by atoms with Crippen molar-refractivity contribution < 1.29 is 14.3 Å². The van der Waals surface area contributed by atoms with E-state index in [1.807, 2.05) is 36.7 Å². The number of aromatic amines is 1. The molecule has 2 aliphatic heterocycles. The molecule has 250 valence electrons. The SMILES string of the molecule is CCOC(=O)COc1cccc(CNC(Cc2nccn2CCCN2CCC3(CCN(C4CCCCC4)CC3)C2)c2ncc[nH]2)c1. The monoisotopic (exact) mass is 631 g/mol. The van der Waals surface area contributed by atoms with E-state index in [0.717, 1.165) is 49.2 Å². The Kier molecular flexibility index (Phi) is 11.4. The summed E-state index contributed by atoms with van der Waals surface area (Å²) in [5.41, 5.74) is 1.61. The topological polar surface area (TPSA) is 101 Å². The second-order valence-corrected chi connectivity index (χ2v) is 13.6. The largest absolute Gasteiger partial charge is 0.482 e. The molecule has 1 aromatic carbocycles. The van der Waals surface area contributed by atoms with Crippen LogP contribution >= 0.6 is 0 Å². The van der Waals surface area contributed by atoms with Crippen molar-refractivity contribution in [2.45, 2.75) is 96.3 Å². The van der Waals surface area contributed by atoms with Crippen molar-refractivity contribution in [2.24, 2.45) is 5.41 Å². The van der Waals surface area contributed by atoms with E-state index >= 15 is 0 Å². The number of piperidine rings is 1. The number of nitrogens with one attached hydrogen (secondary N) is 2. The van der Waals surface area contributed by atoms with Gasteiger partial charge in [-0.05, 0) is 94.7 Å². The van der Waals surface area contributed by atoms with Gasteiger partial charge >= 0.3 is 5.97 Å². The molecule has 46 heavy (non-hydrogen) atoms. The van der Waals surface area contributed by atoms with Crippen LogP contribution in [0.4, 0.5) is 0 Å². The van der Waals surface area contributed by atoms with Crippen LogP contribution in [0.2, 0.25) is 0 Å². The van der Waals surface area contributed by atoms with Crippen LogP contribution in [0.25, 0.3) is 0 Å². The Morgan fingerprint density at radius 1 is 1.09 bits per heavy atom. The molecule has 2 aromatic heterocycles. The van der Waals surface area contributed by atoms with E-state index in [4.69, 9.17) is 14.5 Å². The summed E-state index contributed by atoms with van der Waals surface area (Å²) in [5, 5.41) is 3.67. The van der Waals surface area contributed by atoms with Crippen molar-refractivity contribution in [3.63, 3.8) is 0 Å². The summed E-state index contributed by atoms with van der Waals surface area (Å²) in [6.07, 6.45) is 20.9. The van der Waals surface area contributed by atoms with Gasteiger partial charge in [0.15, 0.2) is 6.61 Å². The first kappa shape index (κ1) is 32.7. The van der Waals surface area contributed by atoms with E-state index in [2.05, 4.69) is 35.8 Å². The molecule has 10 nitrogen and oxygen atoms in total. The summed E-state index contributed by atoms with van der Waals surface area (Å²) in [6, 6.07) is 8.63. The average Bonchev–Trinajstić information content (AvgIpc) is 3.86. The summed E-state index contributed by atoms with van der Waals surface area (Å²) in [4.78, 5) is 29.9. The lowest BCUT2D eigenvalue weighted by Crippen LogP contribution is -2.46. The predicted molar refractivity (Wildman–Crippen MR) is 178 cm³/mol. The normalized spacial score (nSPS) is 19.8. The number of esters is 1. The first-order valence-corrected chi connectivity index (χ1v) is 17.7. The third-order valence-corrected chi connectivity index (χ3v) is 10.5. The fourth-order valence-electron chi connectivity index (χ4n) is 7.88. The third kappa shape index (κ3) is 8.77. The first-order valence-electron chi connectivity index (χ1n) is 17.7. The molecule has 3 aromatic rings. The van der Waals surface area contributed by atoms with Crippen LogP contribution in [0, 0.1) is 5.41 Å². The van der Waals surface area contributed by atoms with Crippen molar-refractivity contribution in [3.8, 4) is 5.75 Å². The van der Waals surface area contributed by atoms with Crippen LogP contribution in [0.5, 0.6) is 5.75 Å². The van der Waals surface area contributed by atoms with Gasteiger partial charge in [0.25, 0.3) is 0 Å². The molecular formula is C36H53N7O3. The summed E-state index contributed by atoms with van der Waals surface area (Å²) in [7, 11) is 0. The standard InChI is InChI=1S/C36H53N7O3/c1-2-45-34(44)27-46-31-11-6-8-29(24-31)26-40-32(35-38-15-16-39-35)25-33-37-17-23-43(33)19-7-18-41-20-12-36(28-41)13-21-42(22-14-36)30-9-4-3-5-10-30/h6,8,11,15-17,23-24,30,32,40H,2-5,7,9-10,12-14,18-22,25-28H2,1H3,(H,38,39). The predicted octanol–water partition coefficient (Wildman–Crippen LogP) is 5.13. The van der Waals surface area contributed by atoms with E-state index in [0.29, 0.717) is 24.3 Å². The second-order valence-electron chi connectivity index (χ2n) is 13.6. The molecule has 2 N–H and O–H groups in total. The quantitative estimate of drug-likeness (QED) is 0.223. The van der Waals surface area contributed by atoms with Crippen LogP contribution in [0.1, 0.15) is 88.0 Å². The van der Waals surface area contributed by atoms with Crippen LogP contribution in [-0.2, 0) is 29.0 Å². The molecule has 3 aliphatic rings. The number of aryl methyl sites for hydroxylation is 1. The highest BCUT2D eigenvalue weighted by Crippen LogP contribution is 2.41.